The minimum atomic E-state index is -0.981. The van der Waals surface area contributed by atoms with E-state index in [1.807, 2.05) is 31.2 Å². The lowest BCUT2D eigenvalue weighted by Crippen LogP contribution is -2.08. The number of rotatable bonds is 7. The molecule has 0 radical (unpaired) electrons. The van der Waals surface area contributed by atoms with Crippen molar-refractivity contribution in [3.63, 3.8) is 0 Å². The Morgan fingerprint density at radius 1 is 0.806 bits per heavy atom. The zero-order valence-electron chi connectivity index (χ0n) is 19.7. The third-order valence-corrected chi connectivity index (χ3v) is 5.51. The molecule has 0 aliphatic rings. The molecule has 0 unspecified atom stereocenters. The molecule has 0 N–H and O–H groups in total. The summed E-state index contributed by atoms with van der Waals surface area (Å²) in [5.74, 6) is -3.21. The van der Waals surface area contributed by atoms with Crippen LogP contribution in [0.15, 0.2) is 84.9 Å². The maximum atomic E-state index is 15.0. The number of hydrogen-bond donors (Lipinski definition) is 0. The molecule has 0 heterocycles. The van der Waals surface area contributed by atoms with Gasteiger partial charge in [0.15, 0.2) is 23.2 Å². The van der Waals surface area contributed by atoms with Crippen LogP contribution in [0, 0.1) is 17.5 Å². The van der Waals surface area contributed by atoms with Gasteiger partial charge in [0.1, 0.15) is 5.75 Å². The van der Waals surface area contributed by atoms with Crippen LogP contribution in [0.2, 0.25) is 0 Å². The third kappa shape index (κ3) is 5.33. The van der Waals surface area contributed by atoms with Gasteiger partial charge in [-0.2, -0.15) is 0 Å². The summed E-state index contributed by atoms with van der Waals surface area (Å²) in [6, 6.07) is 19.9. The van der Waals surface area contributed by atoms with E-state index in [4.69, 9.17) is 9.47 Å². The summed E-state index contributed by atoms with van der Waals surface area (Å²) in [6.45, 7) is 3.94. The minimum absolute atomic E-state index is 0.0208. The van der Waals surface area contributed by atoms with Crippen molar-refractivity contribution in [2.45, 2.75) is 13.8 Å². The number of halogens is 3. The fourth-order valence-corrected chi connectivity index (χ4v) is 3.73. The maximum absolute atomic E-state index is 15.0. The molecule has 4 rings (SSSR count). The maximum Gasteiger partial charge on any atom is 0.343 e. The van der Waals surface area contributed by atoms with Crippen LogP contribution in [-0.2, 0) is 0 Å². The van der Waals surface area contributed by atoms with Crippen molar-refractivity contribution in [2.75, 3.05) is 6.61 Å². The van der Waals surface area contributed by atoms with E-state index in [0.29, 0.717) is 17.7 Å². The molecule has 0 aromatic heterocycles. The van der Waals surface area contributed by atoms with Crippen molar-refractivity contribution in [3.8, 4) is 33.8 Å². The molecule has 0 aliphatic heterocycles. The summed E-state index contributed by atoms with van der Waals surface area (Å²) in [6.07, 6.45) is 3.81. The van der Waals surface area contributed by atoms with E-state index in [1.54, 1.807) is 19.1 Å². The molecule has 0 aliphatic carbocycles. The van der Waals surface area contributed by atoms with Gasteiger partial charge in [-0.25, -0.2) is 18.0 Å². The fraction of sp³-hybridized carbons (Fsp3) is 0.100. The van der Waals surface area contributed by atoms with Gasteiger partial charge in [-0.1, -0.05) is 60.7 Å². The Morgan fingerprint density at radius 3 is 1.92 bits per heavy atom. The highest BCUT2D eigenvalue weighted by Gasteiger charge is 2.17. The van der Waals surface area contributed by atoms with Gasteiger partial charge in [-0.05, 0) is 54.8 Å². The van der Waals surface area contributed by atoms with E-state index >= 15 is 0 Å². The van der Waals surface area contributed by atoms with Crippen molar-refractivity contribution < 1.29 is 27.4 Å². The first kappa shape index (κ1) is 24.8. The normalized spacial score (nSPS) is 11.0. The average Bonchev–Trinajstić information content (AvgIpc) is 2.88. The Morgan fingerprint density at radius 2 is 1.39 bits per heavy atom. The Hall–Kier alpha value is -4.32. The van der Waals surface area contributed by atoms with Crippen molar-refractivity contribution in [3.05, 3.63) is 114 Å². The molecule has 6 heteroatoms. The van der Waals surface area contributed by atoms with Crippen molar-refractivity contribution in [1.29, 1.82) is 0 Å². The van der Waals surface area contributed by atoms with Gasteiger partial charge < -0.3 is 9.47 Å². The van der Waals surface area contributed by atoms with Crippen LogP contribution >= 0.6 is 0 Å². The summed E-state index contributed by atoms with van der Waals surface area (Å²) >= 11 is 0. The monoisotopic (exact) mass is 488 g/mol. The molecule has 0 saturated carbocycles. The molecule has 0 atom stereocenters. The van der Waals surface area contributed by atoms with E-state index in [9.17, 15) is 18.0 Å². The predicted molar refractivity (Wildman–Crippen MR) is 134 cm³/mol. The highest BCUT2D eigenvalue weighted by atomic mass is 19.2. The van der Waals surface area contributed by atoms with Gasteiger partial charge in [0, 0.05) is 17.2 Å². The first-order valence-electron chi connectivity index (χ1n) is 11.4. The zero-order chi connectivity index (χ0) is 25.7. The standard InChI is InChI=1S/C30H23F3O3/c1-3-5-19-6-8-20(9-7-19)24-15-16-25(29(33)28(24)32)21-10-12-22(13-11-21)30(34)36-23-14-17-27(35-4-2)26(31)18-23/h3,5-18H,4H2,1-2H3. The topological polar surface area (TPSA) is 35.5 Å². The summed E-state index contributed by atoms with van der Waals surface area (Å²) in [7, 11) is 0. The zero-order valence-corrected chi connectivity index (χ0v) is 19.7. The molecule has 0 fully saturated rings. The minimum Gasteiger partial charge on any atom is -0.491 e. The second-order valence-electron chi connectivity index (χ2n) is 7.90. The second kappa shape index (κ2) is 11.0. The largest absolute Gasteiger partial charge is 0.491 e. The van der Waals surface area contributed by atoms with Crippen molar-refractivity contribution >= 4 is 12.0 Å². The summed E-state index contributed by atoms with van der Waals surface area (Å²) < 4.78 is 54.3. The van der Waals surface area contributed by atoms with Crippen LogP contribution in [0.25, 0.3) is 28.3 Å². The molecule has 0 bridgehead atoms. The second-order valence-corrected chi connectivity index (χ2v) is 7.90. The first-order chi connectivity index (χ1) is 17.4. The van der Waals surface area contributed by atoms with Gasteiger partial charge in [-0.15, -0.1) is 0 Å². The van der Waals surface area contributed by atoms with Crippen LogP contribution in [0.1, 0.15) is 29.8 Å². The Balaban J connectivity index is 1.52. The van der Waals surface area contributed by atoms with E-state index in [0.717, 1.165) is 11.6 Å². The van der Waals surface area contributed by atoms with Gasteiger partial charge in [0.25, 0.3) is 0 Å². The molecule has 3 nitrogen and oxygen atoms in total. The van der Waals surface area contributed by atoms with Gasteiger partial charge in [-0.3, -0.25) is 0 Å². The molecule has 0 spiro atoms. The van der Waals surface area contributed by atoms with E-state index in [1.165, 1.54) is 48.5 Å². The van der Waals surface area contributed by atoms with Crippen LogP contribution in [-0.4, -0.2) is 12.6 Å². The lowest BCUT2D eigenvalue weighted by Gasteiger charge is -2.10. The first-order valence-corrected chi connectivity index (χ1v) is 11.4. The number of ether oxygens (including phenoxy) is 2. The highest BCUT2D eigenvalue weighted by Crippen LogP contribution is 2.32. The number of carbonyl (C=O) groups excluding carboxylic acids is 1. The average molecular weight is 489 g/mol. The number of allylic oxidation sites excluding steroid dienone is 1. The number of benzene rings is 4. The molecule has 36 heavy (non-hydrogen) atoms. The molecule has 0 saturated heterocycles. The van der Waals surface area contributed by atoms with E-state index < -0.39 is 23.4 Å². The number of esters is 1. The van der Waals surface area contributed by atoms with Gasteiger partial charge >= 0.3 is 5.97 Å². The third-order valence-electron chi connectivity index (χ3n) is 5.51. The number of carbonyl (C=O) groups is 1. The van der Waals surface area contributed by atoms with Crippen LogP contribution in [0.3, 0.4) is 0 Å². The Kier molecular flexibility index (Phi) is 7.54. The molecular formula is C30H23F3O3. The Labute approximate surface area is 207 Å². The summed E-state index contributed by atoms with van der Waals surface area (Å²) in [5, 5.41) is 0. The van der Waals surface area contributed by atoms with Crippen LogP contribution in [0.4, 0.5) is 13.2 Å². The smallest absolute Gasteiger partial charge is 0.343 e. The Bertz CT molecular complexity index is 1410. The molecule has 182 valence electrons. The lowest BCUT2D eigenvalue weighted by atomic mass is 9.97. The van der Waals surface area contributed by atoms with Crippen LogP contribution in [0.5, 0.6) is 11.5 Å². The van der Waals surface area contributed by atoms with E-state index in [-0.39, 0.29) is 28.2 Å². The van der Waals surface area contributed by atoms with Crippen molar-refractivity contribution in [1.82, 2.24) is 0 Å². The molecule has 4 aromatic carbocycles. The van der Waals surface area contributed by atoms with Crippen LogP contribution < -0.4 is 9.47 Å². The highest BCUT2D eigenvalue weighted by molar-refractivity contribution is 5.91. The fourth-order valence-electron chi connectivity index (χ4n) is 3.73. The SMILES string of the molecule is CC=Cc1ccc(-c2ccc(-c3ccc(C(=O)Oc4ccc(OCC)c(F)c4)cc3)c(F)c2F)cc1. The quantitative estimate of drug-likeness (QED) is 0.195. The van der Waals surface area contributed by atoms with Gasteiger partial charge in [0.2, 0.25) is 0 Å². The number of hydrogen-bond acceptors (Lipinski definition) is 3. The predicted octanol–water partition coefficient (Wildman–Crippen LogP) is 8.09. The molecule has 4 aromatic rings. The van der Waals surface area contributed by atoms with E-state index in [2.05, 4.69) is 0 Å². The molecule has 0 amide bonds. The summed E-state index contributed by atoms with van der Waals surface area (Å²) in [4.78, 5) is 12.5. The van der Waals surface area contributed by atoms with Crippen molar-refractivity contribution in [2.24, 2.45) is 0 Å². The summed E-state index contributed by atoms with van der Waals surface area (Å²) in [5.41, 5.74) is 2.32. The lowest BCUT2D eigenvalue weighted by molar-refractivity contribution is 0.0734. The van der Waals surface area contributed by atoms with Gasteiger partial charge in [0.05, 0.1) is 12.2 Å². The molecular weight excluding hydrogens is 465 g/mol.